The Kier molecular flexibility index (Phi) is 3.90. The molecular weight excluding hydrogens is 184 g/mol. The normalized spacial score (nSPS) is 12.2. The summed E-state index contributed by atoms with van der Waals surface area (Å²) in [5.41, 5.74) is 2.11. The molecule has 0 bridgehead atoms. The highest BCUT2D eigenvalue weighted by molar-refractivity contribution is 6.19. The van der Waals surface area contributed by atoms with E-state index < -0.39 is 0 Å². The molecule has 0 spiro atoms. The van der Waals surface area contributed by atoms with Gasteiger partial charge >= 0.3 is 0 Å². The van der Waals surface area contributed by atoms with E-state index in [1.807, 2.05) is 12.1 Å². The van der Waals surface area contributed by atoms with Crippen LogP contribution in [0.15, 0.2) is 24.2 Å². The number of nitrogens with zero attached hydrogens (tertiary/aromatic N) is 2. The largest absolute Gasteiger partial charge is 0.245 e. The van der Waals surface area contributed by atoms with Gasteiger partial charge in [-0.2, -0.15) is 0 Å². The van der Waals surface area contributed by atoms with Crippen LogP contribution < -0.4 is 0 Å². The number of hydrogen-bond donors (Lipinski definition) is 0. The third-order valence-electron chi connectivity index (χ3n) is 1.83. The minimum absolute atomic E-state index is 0.465. The Morgan fingerprint density at radius 1 is 1.62 bits per heavy atom. The summed E-state index contributed by atoms with van der Waals surface area (Å²) >= 11 is 5.80. The van der Waals surface area contributed by atoms with E-state index in [4.69, 9.17) is 11.6 Å². The summed E-state index contributed by atoms with van der Waals surface area (Å²) in [4.78, 5) is 7.95. The first kappa shape index (κ1) is 10.2. The first-order valence-corrected chi connectivity index (χ1v) is 4.80. The van der Waals surface area contributed by atoms with E-state index in [1.165, 1.54) is 11.9 Å². The number of aromatic nitrogens is 2. The van der Waals surface area contributed by atoms with Crippen molar-refractivity contribution in [2.24, 2.45) is 5.92 Å². The Morgan fingerprint density at radius 2 is 2.38 bits per heavy atom. The van der Waals surface area contributed by atoms with Crippen LogP contribution in [0, 0.1) is 5.92 Å². The molecule has 1 aromatic rings. The molecule has 0 aliphatic carbocycles. The van der Waals surface area contributed by atoms with Gasteiger partial charge in [-0.3, -0.25) is 0 Å². The van der Waals surface area contributed by atoms with Gasteiger partial charge in [0.05, 0.1) is 5.69 Å². The highest BCUT2D eigenvalue weighted by Gasteiger charge is 2.01. The van der Waals surface area contributed by atoms with Gasteiger partial charge in [-0.1, -0.05) is 19.4 Å². The quantitative estimate of drug-likeness (QED) is 0.695. The van der Waals surface area contributed by atoms with Crippen molar-refractivity contribution in [2.75, 3.05) is 5.88 Å². The second kappa shape index (κ2) is 4.97. The summed E-state index contributed by atoms with van der Waals surface area (Å²) in [5.74, 6) is 1.02. The predicted octanol–water partition coefficient (Wildman–Crippen LogP) is 2.75. The molecule has 1 aromatic heterocycles. The molecule has 0 atom stereocenters. The van der Waals surface area contributed by atoms with Gasteiger partial charge in [-0.05, 0) is 18.1 Å². The molecule has 1 heterocycles. The van der Waals surface area contributed by atoms with Crippen LogP contribution in [0.1, 0.15) is 19.5 Å². The monoisotopic (exact) mass is 196 g/mol. The average Bonchev–Trinajstić information content (AvgIpc) is 2.15. The maximum atomic E-state index is 5.80. The maximum Gasteiger partial charge on any atom is 0.115 e. The van der Waals surface area contributed by atoms with Gasteiger partial charge < -0.3 is 0 Å². The van der Waals surface area contributed by atoms with Gasteiger partial charge in [0.1, 0.15) is 6.33 Å². The van der Waals surface area contributed by atoms with E-state index >= 15 is 0 Å². The third kappa shape index (κ3) is 3.15. The zero-order valence-electron chi connectivity index (χ0n) is 7.87. The molecular formula is C10H13ClN2. The Balaban J connectivity index is 2.85. The van der Waals surface area contributed by atoms with Gasteiger partial charge in [-0.15, -0.1) is 11.6 Å². The molecule has 0 fully saturated rings. The van der Waals surface area contributed by atoms with Gasteiger partial charge in [0.15, 0.2) is 0 Å². The lowest BCUT2D eigenvalue weighted by Crippen LogP contribution is -1.95. The van der Waals surface area contributed by atoms with E-state index in [0.717, 1.165) is 5.69 Å². The molecule has 0 saturated heterocycles. The summed E-state index contributed by atoms with van der Waals surface area (Å²) in [6, 6.07) is 1.87. The lowest BCUT2D eigenvalue weighted by Gasteiger charge is -2.06. The van der Waals surface area contributed by atoms with Crippen molar-refractivity contribution in [2.45, 2.75) is 13.8 Å². The van der Waals surface area contributed by atoms with Crippen molar-refractivity contribution in [3.63, 3.8) is 0 Å². The molecule has 70 valence electrons. The fourth-order valence-corrected chi connectivity index (χ4v) is 1.32. The standard InChI is InChI=1S/C10H13ClN2/c1-8(2)9(6-11)5-10-3-4-12-7-13-10/h3-5,7-8H,6H2,1-2H3/b9-5+. The van der Waals surface area contributed by atoms with Crippen molar-refractivity contribution in [3.8, 4) is 0 Å². The molecule has 2 nitrogen and oxygen atoms in total. The van der Waals surface area contributed by atoms with Gasteiger partial charge in [0.2, 0.25) is 0 Å². The van der Waals surface area contributed by atoms with Crippen LogP contribution in [-0.4, -0.2) is 15.8 Å². The Hall–Kier alpha value is -0.890. The van der Waals surface area contributed by atoms with Gasteiger partial charge in [0.25, 0.3) is 0 Å². The highest BCUT2D eigenvalue weighted by Crippen LogP contribution is 2.14. The summed E-state index contributed by atoms with van der Waals surface area (Å²) < 4.78 is 0. The number of allylic oxidation sites excluding steroid dienone is 1. The third-order valence-corrected chi connectivity index (χ3v) is 2.14. The molecule has 13 heavy (non-hydrogen) atoms. The maximum absolute atomic E-state index is 5.80. The molecule has 0 aromatic carbocycles. The molecule has 0 aliphatic heterocycles. The molecule has 3 heteroatoms. The molecule has 1 rings (SSSR count). The number of rotatable bonds is 3. The summed E-state index contributed by atoms with van der Waals surface area (Å²) in [6.45, 7) is 4.24. The van der Waals surface area contributed by atoms with Crippen LogP contribution in [0.5, 0.6) is 0 Å². The number of halogens is 1. The van der Waals surface area contributed by atoms with Crippen LogP contribution in [0.25, 0.3) is 6.08 Å². The first-order chi connectivity index (χ1) is 6.24. The Labute approximate surface area is 83.7 Å². The van der Waals surface area contributed by atoms with Crippen LogP contribution in [-0.2, 0) is 0 Å². The van der Waals surface area contributed by atoms with E-state index in [0.29, 0.717) is 11.8 Å². The minimum atomic E-state index is 0.465. The SMILES string of the molecule is CC(C)/C(=C/c1ccncn1)CCl. The van der Waals surface area contributed by atoms with Crippen molar-refractivity contribution < 1.29 is 0 Å². The predicted molar refractivity (Wildman–Crippen MR) is 55.6 cm³/mol. The van der Waals surface area contributed by atoms with Crippen LogP contribution in [0.3, 0.4) is 0 Å². The van der Waals surface area contributed by atoms with Gasteiger partial charge in [0, 0.05) is 12.1 Å². The van der Waals surface area contributed by atoms with Crippen LogP contribution >= 0.6 is 11.6 Å². The molecule has 0 unspecified atom stereocenters. The summed E-state index contributed by atoms with van der Waals surface area (Å²) in [5, 5.41) is 0. The lowest BCUT2D eigenvalue weighted by atomic mass is 10.0. The van der Waals surface area contributed by atoms with Crippen molar-refractivity contribution in [1.29, 1.82) is 0 Å². The molecule has 0 saturated carbocycles. The second-order valence-electron chi connectivity index (χ2n) is 3.14. The van der Waals surface area contributed by atoms with Crippen LogP contribution in [0.2, 0.25) is 0 Å². The average molecular weight is 197 g/mol. The Bertz CT molecular complexity index is 280. The molecule has 0 amide bonds. The van der Waals surface area contributed by atoms with Crippen molar-refractivity contribution in [3.05, 3.63) is 29.9 Å². The van der Waals surface area contributed by atoms with E-state index in [1.54, 1.807) is 6.20 Å². The van der Waals surface area contributed by atoms with E-state index in [2.05, 4.69) is 23.8 Å². The first-order valence-electron chi connectivity index (χ1n) is 4.26. The molecule has 0 aliphatic rings. The topological polar surface area (TPSA) is 25.8 Å². The smallest absolute Gasteiger partial charge is 0.115 e. The fourth-order valence-electron chi connectivity index (χ4n) is 0.936. The second-order valence-corrected chi connectivity index (χ2v) is 3.41. The highest BCUT2D eigenvalue weighted by atomic mass is 35.5. The summed E-state index contributed by atoms with van der Waals surface area (Å²) in [7, 11) is 0. The van der Waals surface area contributed by atoms with Crippen molar-refractivity contribution >= 4 is 17.7 Å². The number of alkyl halides is 1. The fraction of sp³-hybridized carbons (Fsp3) is 0.400. The van der Waals surface area contributed by atoms with Crippen LogP contribution in [0.4, 0.5) is 0 Å². The zero-order chi connectivity index (χ0) is 9.68. The Morgan fingerprint density at radius 3 is 2.85 bits per heavy atom. The zero-order valence-corrected chi connectivity index (χ0v) is 8.62. The minimum Gasteiger partial charge on any atom is -0.245 e. The van der Waals surface area contributed by atoms with Gasteiger partial charge in [-0.25, -0.2) is 9.97 Å². The summed E-state index contributed by atoms with van der Waals surface area (Å²) in [6.07, 6.45) is 5.28. The van der Waals surface area contributed by atoms with E-state index in [-0.39, 0.29) is 0 Å². The van der Waals surface area contributed by atoms with Crippen molar-refractivity contribution in [1.82, 2.24) is 9.97 Å². The molecule has 0 radical (unpaired) electrons. The lowest BCUT2D eigenvalue weighted by molar-refractivity contribution is 0.777. The number of hydrogen-bond acceptors (Lipinski definition) is 2. The van der Waals surface area contributed by atoms with E-state index in [9.17, 15) is 0 Å². The molecule has 0 N–H and O–H groups in total.